The summed E-state index contributed by atoms with van der Waals surface area (Å²) in [6.07, 6.45) is 3.57. The van der Waals surface area contributed by atoms with Crippen LogP contribution >= 0.6 is 0 Å². The van der Waals surface area contributed by atoms with E-state index in [1.165, 1.54) is 12.1 Å². The van der Waals surface area contributed by atoms with Crippen molar-refractivity contribution in [2.45, 2.75) is 31.8 Å². The van der Waals surface area contributed by atoms with Gasteiger partial charge in [0.25, 0.3) is 0 Å². The first-order valence-corrected chi connectivity index (χ1v) is 11.9. The first kappa shape index (κ1) is 21.5. The van der Waals surface area contributed by atoms with E-state index in [-0.39, 0.29) is 41.6 Å². The molecule has 1 saturated carbocycles. The summed E-state index contributed by atoms with van der Waals surface area (Å²) in [5.41, 5.74) is 3.35. The third-order valence-corrected chi connectivity index (χ3v) is 7.08. The zero-order valence-electron chi connectivity index (χ0n) is 19.3. The molecular formula is C28H25FN4O2. The van der Waals surface area contributed by atoms with Crippen LogP contribution in [0.25, 0.3) is 16.6 Å². The zero-order valence-corrected chi connectivity index (χ0v) is 19.3. The van der Waals surface area contributed by atoms with E-state index in [0.717, 1.165) is 40.7 Å². The summed E-state index contributed by atoms with van der Waals surface area (Å²) in [4.78, 5) is 28.1. The number of hydrogen-bond acceptors (Lipinski definition) is 3. The molecule has 1 aliphatic heterocycles. The molecule has 0 bridgehead atoms. The van der Waals surface area contributed by atoms with Gasteiger partial charge >= 0.3 is 0 Å². The predicted octanol–water partition coefficient (Wildman–Crippen LogP) is 4.78. The highest BCUT2D eigenvalue weighted by molar-refractivity contribution is 6.01. The second kappa shape index (κ2) is 8.34. The first-order chi connectivity index (χ1) is 17.0. The maximum atomic E-state index is 13.6. The van der Waals surface area contributed by atoms with Crippen molar-refractivity contribution in [3.8, 4) is 5.69 Å². The molecular weight excluding hydrogens is 443 g/mol. The first-order valence-electron chi connectivity index (χ1n) is 11.9. The van der Waals surface area contributed by atoms with Gasteiger partial charge in [-0.1, -0.05) is 37.3 Å². The largest absolute Gasteiger partial charge is 0.350 e. The monoisotopic (exact) mass is 468 g/mol. The van der Waals surface area contributed by atoms with Gasteiger partial charge in [0.2, 0.25) is 11.8 Å². The Labute approximate surface area is 202 Å². The lowest BCUT2D eigenvalue weighted by Crippen LogP contribution is -2.42. The maximum absolute atomic E-state index is 13.6. The second-order valence-corrected chi connectivity index (χ2v) is 9.44. The molecule has 3 unspecified atom stereocenters. The maximum Gasteiger partial charge on any atom is 0.232 e. The van der Waals surface area contributed by atoms with E-state index in [1.807, 2.05) is 60.4 Å². The van der Waals surface area contributed by atoms with Crippen LogP contribution in [0.4, 0.5) is 10.1 Å². The molecule has 4 aromatic rings. The fraction of sp³-hybridized carbons (Fsp3) is 0.250. The summed E-state index contributed by atoms with van der Waals surface area (Å²) in [6, 6.07) is 21.2. The number of aromatic nitrogens is 2. The number of carbonyl (C=O) groups is 2. The Bertz CT molecular complexity index is 1410. The van der Waals surface area contributed by atoms with E-state index >= 15 is 0 Å². The minimum absolute atomic E-state index is 0.0229. The molecule has 176 valence electrons. The number of benzene rings is 3. The highest BCUT2D eigenvalue weighted by Crippen LogP contribution is 2.42. The summed E-state index contributed by atoms with van der Waals surface area (Å²) >= 11 is 0. The summed E-state index contributed by atoms with van der Waals surface area (Å²) in [5, 5.41) is 8.54. The minimum Gasteiger partial charge on any atom is -0.350 e. The van der Waals surface area contributed by atoms with Gasteiger partial charge < -0.3 is 10.2 Å². The van der Waals surface area contributed by atoms with Crippen LogP contribution < -0.4 is 10.2 Å². The third kappa shape index (κ3) is 3.77. The van der Waals surface area contributed by atoms with E-state index in [2.05, 4.69) is 10.4 Å². The molecule has 1 aliphatic carbocycles. The van der Waals surface area contributed by atoms with Gasteiger partial charge in [-0.3, -0.25) is 9.59 Å². The number of nitrogens with zero attached hydrogens (tertiary/aromatic N) is 3. The molecule has 3 aromatic carbocycles. The summed E-state index contributed by atoms with van der Waals surface area (Å²) in [7, 11) is 0. The number of hydrogen-bond donors (Lipinski definition) is 1. The Morgan fingerprint density at radius 1 is 1.00 bits per heavy atom. The molecule has 35 heavy (non-hydrogen) atoms. The molecule has 2 fully saturated rings. The van der Waals surface area contributed by atoms with E-state index in [4.69, 9.17) is 0 Å². The third-order valence-electron chi connectivity index (χ3n) is 7.08. The molecule has 0 radical (unpaired) electrons. The number of halogens is 1. The fourth-order valence-electron chi connectivity index (χ4n) is 5.03. The molecule has 0 spiro atoms. The van der Waals surface area contributed by atoms with Crippen LogP contribution in [-0.2, 0) is 9.59 Å². The average molecular weight is 469 g/mol. The van der Waals surface area contributed by atoms with Crippen LogP contribution in [0, 0.1) is 17.7 Å². The number of amides is 2. The lowest BCUT2D eigenvalue weighted by Gasteiger charge is -2.29. The lowest BCUT2D eigenvalue weighted by atomic mass is 9.94. The molecule has 1 N–H and O–H groups in total. The van der Waals surface area contributed by atoms with Crippen molar-refractivity contribution >= 4 is 28.4 Å². The summed E-state index contributed by atoms with van der Waals surface area (Å²) in [5.74, 6) is -0.583. The minimum atomic E-state index is -0.361. The lowest BCUT2D eigenvalue weighted by molar-refractivity contribution is -0.123. The highest BCUT2D eigenvalue weighted by atomic mass is 19.1. The smallest absolute Gasteiger partial charge is 0.232 e. The van der Waals surface area contributed by atoms with Crippen LogP contribution in [0.5, 0.6) is 0 Å². The highest BCUT2D eigenvalue weighted by Gasteiger charge is 2.48. The topological polar surface area (TPSA) is 67.2 Å². The van der Waals surface area contributed by atoms with Gasteiger partial charge in [-0.2, -0.15) is 5.10 Å². The molecule has 3 atom stereocenters. The van der Waals surface area contributed by atoms with Gasteiger partial charge in [0.1, 0.15) is 5.82 Å². The Kier molecular flexibility index (Phi) is 5.13. The van der Waals surface area contributed by atoms with Gasteiger partial charge in [0.05, 0.1) is 35.4 Å². The van der Waals surface area contributed by atoms with E-state index < -0.39 is 0 Å². The molecule has 1 saturated heterocycles. The Morgan fingerprint density at radius 3 is 2.43 bits per heavy atom. The van der Waals surface area contributed by atoms with Gasteiger partial charge in [0, 0.05) is 17.0 Å². The van der Waals surface area contributed by atoms with E-state index in [0.29, 0.717) is 0 Å². The van der Waals surface area contributed by atoms with Crippen molar-refractivity contribution < 1.29 is 14.0 Å². The molecule has 1 aromatic heterocycles. The molecule has 6 nitrogen and oxygen atoms in total. The SMILES string of the molecule is CC1C(=O)N(c2ccc3c(cnn3-c3ccc(F)cc3)c2)C(c2ccccc2)C1NC(=O)C1CC1. The van der Waals surface area contributed by atoms with Gasteiger partial charge in [-0.25, -0.2) is 9.07 Å². The Hall–Kier alpha value is -4.00. The second-order valence-electron chi connectivity index (χ2n) is 9.44. The Morgan fingerprint density at radius 2 is 1.71 bits per heavy atom. The normalized spacial score (nSPS) is 22.1. The molecule has 2 heterocycles. The molecule has 2 amide bonds. The number of nitrogens with one attached hydrogen (secondary N) is 1. The van der Waals surface area contributed by atoms with Gasteiger partial charge in [-0.05, 0) is 60.9 Å². The summed E-state index contributed by atoms with van der Waals surface area (Å²) < 4.78 is 15.1. The van der Waals surface area contributed by atoms with Crippen LogP contribution in [-0.4, -0.2) is 27.6 Å². The average Bonchev–Trinajstić information content (AvgIpc) is 3.61. The van der Waals surface area contributed by atoms with E-state index in [1.54, 1.807) is 23.0 Å². The van der Waals surface area contributed by atoms with Crippen molar-refractivity contribution in [1.82, 2.24) is 15.1 Å². The molecule has 6 rings (SSSR count). The van der Waals surface area contributed by atoms with Gasteiger partial charge in [-0.15, -0.1) is 0 Å². The van der Waals surface area contributed by atoms with Crippen molar-refractivity contribution in [2.75, 3.05) is 4.90 Å². The van der Waals surface area contributed by atoms with Crippen LogP contribution in [0.1, 0.15) is 31.4 Å². The van der Waals surface area contributed by atoms with Crippen molar-refractivity contribution in [3.05, 3.63) is 90.4 Å². The molecule has 2 aliphatic rings. The van der Waals surface area contributed by atoms with Crippen LogP contribution in [0.3, 0.4) is 0 Å². The van der Waals surface area contributed by atoms with Crippen molar-refractivity contribution in [1.29, 1.82) is 0 Å². The van der Waals surface area contributed by atoms with E-state index in [9.17, 15) is 14.0 Å². The standard InChI is InChI=1S/C28H25FN4O2/c1-17-25(31-27(34)19-7-8-19)26(18-5-3-2-4-6-18)32(28(17)35)23-13-14-24-20(15-23)16-30-33(24)22-11-9-21(29)10-12-22/h2-6,9-17,19,25-26H,7-8H2,1H3,(H,31,34). The number of fused-ring (bicyclic) bond motifs is 1. The van der Waals surface area contributed by atoms with Crippen LogP contribution in [0.15, 0.2) is 79.0 Å². The number of anilines is 1. The Balaban J connectivity index is 1.40. The van der Waals surface area contributed by atoms with Crippen molar-refractivity contribution in [3.63, 3.8) is 0 Å². The molecule has 7 heteroatoms. The predicted molar refractivity (Wildman–Crippen MR) is 132 cm³/mol. The van der Waals surface area contributed by atoms with Crippen LogP contribution in [0.2, 0.25) is 0 Å². The van der Waals surface area contributed by atoms with Gasteiger partial charge in [0.15, 0.2) is 0 Å². The fourth-order valence-corrected chi connectivity index (χ4v) is 5.03. The number of carbonyl (C=O) groups excluding carboxylic acids is 2. The number of rotatable bonds is 5. The van der Waals surface area contributed by atoms with Crippen molar-refractivity contribution in [2.24, 2.45) is 11.8 Å². The summed E-state index contributed by atoms with van der Waals surface area (Å²) in [6.45, 7) is 1.89. The quantitative estimate of drug-likeness (QED) is 0.458. The zero-order chi connectivity index (χ0) is 24.1.